The molecule has 0 aliphatic carbocycles. The van der Waals surface area contributed by atoms with Gasteiger partial charge < -0.3 is 16.2 Å². The van der Waals surface area contributed by atoms with E-state index in [0.29, 0.717) is 18.4 Å². The first-order chi connectivity index (χ1) is 8.31. The van der Waals surface area contributed by atoms with Crippen LogP contribution in [0.3, 0.4) is 0 Å². The van der Waals surface area contributed by atoms with Crippen molar-refractivity contribution < 1.29 is 4.74 Å². The average Bonchev–Trinajstić information content (AvgIpc) is 2.85. The molecule has 0 amide bonds. The van der Waals surface area contributed by atoms with Crippen molar-refractivity contribution in [2.45, 2.75) is 18.9 Å². The molecule has 1 aliphatic rings. The third kappa shape index (κ3) is 3.28. The van der Waals surface area contributed by atoms with Gasteiger partial charge in [-0.05, 0) is 36.8 Å². The lowest BCUT2D eigenvalue weighted by molar-refractivity contribution is 0.166. The van der Waals surface area contributed by atoms with Gasteiger partial charge in [0.05, 0.1) is 0 Å². The van der Waals surface area contributed by atoms with E-state index in [9.17, 15) is 0 Å². The van der Waals surface area contributed by atoms with Crippen LogP contribution in [-0.2, 0) is 11.2 Å². The Hall–Kier alpha value is -0.900. The van der Waals surface area contributed by atoms with Crippen molar-refractivity contribution >= 4 is 0 Å². The van der Waals surface area contributed by atoms with Gasteiger partial charge in [-0.25, -0.2) is 0 Å². The fourth-order valence-electron chi connectivity index (χ4n) is 2.64. The molecule has 0 aromatic heterocycles. The molecule has 0 spiro atoms. The van der Waals surface area contributed by atoms with Crippen LogP contribution in [-0.4, -0.2) is 25.8 Å². The topological polar surface area (TPSA) is 61.3 Å². The minimum absolute atomic E-state index is 0.133. The van der Waals surface area contributed by atoms with Crippen LogP contribution in [0.25, 0.3) is 0 Å². The van der Waals surface area contributed by atoms with Gasteiger partial charge in [-0.2, -0.15) is 0 Å². The Bertz CT molecular complexity index is 322. The van der Waals surface area contributed by atoms with Crippen molar-refractivity contribution in [3.05, 3.63) is 35.9 Å². The van der Waals surface area contributed by atoms with Gasteiger partial charge in [0.2, 0.25) is 0 Å². The van der Waals surface area contributed by atoms with Crippen LogP contribution < -0.4 is 11.5 Å². The van der Waals surface area contributed by atoms with Crippen molar-refractivity contribution in [3.8, 4) is 0 Å². The molecule has 94 valence electrons. The Kier molecular flexibility index (Phi) is 4.54. The molecule has 3 unspecified atom stereocenters. The van der Waals surface area contributed by atoms with Gasteiger partial charge in [-0.3, -0.25) is 0 Å². The maximum Gasteiger partial charge on any atom is 0.0498 e. The Morgan fingerprint density at radius 1 is 1.29 bits per heavy atom. The zero-order valence-electron chi connectivity index (χ0n) is 10.2. The first kappa shape index (κ1) is 12.6. The number of ether oxygens (including phenoxy) is 1. The second-order valence-electron chi connectivity index (χ2n) is 4.88. The summed E-state index contributed by atoms with van der Waals surface area (Å²) in [6.07, 6.45) is 2.00. The molecular weight excluding hydrogens is 212 g/mol. The lowest BCUT2D eigenvalue weighted by Gasteiger charge is -2.27. The van der Waals surface area contributed by atoms with Crippen molar-refractivity contribution in [1.29, 1.82) is 0 Å². The highest BCUT2D eigenvalue weighted by Crippen LogP contribution is 2.24. The highest BCUT2D eigenvalue weighted by molar-refractivity contribution is 5.16. The predicted octanol–water partition coefficient (Wildman–Crippen LogP) is 1.17. The Labute approximate surface area is 103 Å². The molecule has 1 aliphatic heterocycles. The fraction of sp³-hybridized carbons (Fsp3) is 0.571. The van der Waals surface area contributed by atoms with Gasteiger partial charge in [0.25, 0.3) is 0 Å². The van der Waals surface area contributed by atoms with Crippen molar-refractivity contribution in [3.63, 3.8) is 0 Å². The van der Waals surface area contributed by atoms with Crippen molar-refractivity contribution in [1.82, 2.24) is 0 Å². The van der Waals surface area contributed by atoms with E-state index in [2.05, 4.69) is 24.3 Å². The number of benzene rings is 1. The first-order valence-corrected chi connectivity index (χ1v) is 6.38. The lowest BCUT2D eigenvalue weighted by Crippen LogP contribution is -2.41. The quantitative estimate of drug-likeness (QED) is 0.804. The van der Waals surface area contributed by atoms with Gasteiger partial charge in [0.15, 0.2) is 0 Å². The molecule has 1 saturated heterocycles. The van der Waals surface area contributed by atoms with Crippen molar-refractivity contribution in [2.75, 3.05) is 19.8 Å². The second-order valence-corrected chi connectivity index (χ2v) is 4.88. The number of hydrogen-bond donors (Lipinski definition) is 2. The SMILES string of the molecule is NCC(C(N)Cc1ccccc1)C1CCOC1. The average molecular weight is 234 g/mol. The molecular formula is C14H22N2O. The van der Waals surface area contributed by atoms with E-state index in [1.165, 1.54) is 5.56 Å². The Morgan fingerprint density at radius 3 is 2.65 bits per heavy atom. The minimum atomic E-state index is 0.133. The molecule has 0 radical (unpaired) electrons. The summed E-state index contributed by atoms with van der Waals surface area (Å²) >= 11 is 0. The molecule has 1 fully saturated rings. The summed E-state index contributed by atoms with van der Waals surface area (Å²) in [5.41, 5.74) is 13.5. The lowest BCUT2D eigenvalue weighted by atomic mass is 9.83. The zero-order chi connectivity index (χ0) is 12.1. The van der Waals surface area contributed by atoms with E-state index in [4.69, 9.17) is 16.2 Å². The summed E-state index contributed by atoms with van der Waals surface area (Å²) in [4.78, 5) is 0. The maximum absolute atomic E-state index is 6.30. The van der Waals surface area contributed by atoms with E-state index in [1.54, 1.807) is 0 Å². The standard InChI is InChI=1S/C14H22N2O/c15-9-13(12-6-7-17-10-12)14(16)8-11-4-2-1-3-5-11/h1-5,12-14H,6-10,15-16H2. The Morgan fingerprint density at radius 2 is 2.06 bits per heavy atom. The van der Waals surface area contributed by atoms with Crippen molar-refractivity contribution in [2.24, 2.45) is 23.3 Å². The van der Waals surface area contributed by atoms with E-state index < -0.39 is 0 Å². The molecule has 3 heteroatoms. The molecule has 3 nitrogen and oxygen atoms in total. The second kappa shape index (κ2) is 6.15. The molecule has 17 heavy (non-hydrogen) atoms. The van der Waals surface area contributed by atoms with E-state index in [0.717, 1.165) is 26.1 Å². The van der Waals surface area contributed by atoms with E-state index in [1.807, 2.05) is 6.07 Å². The van der Waals surface area contributed by atoms with Crippen LogP contribution in [0.5, 0.6) is 0 Å². The third-order valence-electron chi connectivity index (χ3n) is 3.71. The molecule has 1 aromatic rings. The first-order valence-electron chi connectivity index (χ1n) is 6.38. The fourth-order valence-corrected chi connectivity index (χ4v) is 2.64. The summed E-state index contributed by atoms with van der Waals surface area (Å²) in [6, 6.07) is 10.5. The van der Waals surface area contributed by atoms with Gasteiger partial charge in [-0.15, -0.1) is 0 Å². The number of rotatable bonds is 5. The Balaban J connectivity index is 1.95. The summed E-state index contributed by atoms with van der Waals surface area (Å²) in [5.74, 6) is 0.913. The summed E-state index contributed by atoms with van der Waals surface area (Å²) in [6.45, 7) is 2.34. The maximum atomic E-state index is 6.30. The third-order valence-corrected chi connectivity index (χ3v) is 3.71. The molecule has 0 saturated carbocycles. The van der Waals surface area contributed by atoms with Gasteiger partial charge in [-0.1, -0.05) is 30.3 Å². The molecule has 2 rings (SSSR count). The summed E-state index contributed by atoms with van der Waals surface area (Å²) in [5, 5.41) is 0. The molecule has 1 aromatic carbocycles. The van der Waals surface area contributed by atoms with Crippen LogP contribution in [0.2, 0.25) is 0 Å². The molecule has 0 bridgehead atoms. The monoisotopic (exact) mass is 234 g/mol. The highest BCUT2D eigenvalue weighted by atomic mass is 16.5. The zero-order valence-corrected chi connectivity index (χ0v) is 10.2. The summed E-state index contributed by atoms with van der Waals surface area (Å²) in [7, 11) is 0. The predicted molar refractivity (Wildman–Crippen MR) is 69.6 cm³/mol. The van der Waals surface area contributed by atoms with Crippen LogP contribution in [0.4, 0.5) is 0 Å². The van der Waals surface area contributed by atoms with Crippen LogP contribution in [0, 0.1) is 11.8 Å². The highest BCUT2D eigenvalue weighted by Gasteiger charge is 2.29. The van der Waals surface area contributed by atoms with Crippen LogP contribution >= 0.6 is 0 Å². The van der Waals surface area contributed by atoms with Gasteiger partial charge in [0, 0.05) is 19.3 Å². The van der Waals surface area contributed by atoms with Crippen LogP contribution in [0.1, 0.15) is 12.0 Å². The van der Waals surface area contributed by atoms with E-state index in [-0.39, 0.29) is 6.04 Å². The van der Waals surface area contributed by atoms with E-state index >= 15 is 0 Å². The van der Waals surface area contributed by atoms with Gasteiger partial charge >= 0.3 is 0 Å². The minimum Gasteiger partial charge on any atom is -0.381 e. The van der Waals surface area contributed by atoms with Crippen LogP contribution in [0.15, 0.2) is 30.3 Å². The molecule has 3 atom stereocenters. The number of hydrogen-bond acceptors (Lipinski definition) is 3. The van der Waals surface area contributed by atoms with Gasteiger partial charge in [0.1, 0.15) is 0 Å². The normalized spacial score (nSPS) is 23.5. The largest absolute Gasteiger partial charge is 0.381 e. The molecule has 4 N–H and O–H groups in total. The smallest absolute Gasteiger partial charge is 0.0498 e. The summed E-state index contributed by atoms with van der Waals surface area (Å²) < 4.78 is 5.43. The molecule has 1 heterocycles. The number of nitrogens with two attached hydrogens (primary N) is 2.